The molecule has 0 radical (unpaired) electrons. The molecule has 1 amide bonds. The molecule has 0 aromatic rings. The Balaban J connectivity index is 2.57. The molecule has 1 aliphatic heterocycles. The SMILES string of the molecule is CNC(=O)CC(CN)N1CCCCCC1C. The van der Waals surface area contributed by atoms with Gasteiger partial charge in [-0.25, -0.2) is 0 Å². The molecule has 4 heteroatoms. The van der Waals surface area contributed by atoms with Crippen molar-refractivity contribution < 1.29 is 4.79 Å². The summed E-state index contributed by atoms with van der Waals surface area (Å²) in [6.45, 7) is 3.90. The predicted octanol–water partition coefficient (Wildman–Crippen LogP) is 0.714. The average molecular weight is 227 g/mol. The molecule has 2 atom stereocenters. The summed E-state index contributed by atoms with van der Waals surface area (Å²) in [5, 5.41) is 2.68. The van der Waals surface area contributed by atoms with Gasteiger partial charge in [-0.1, -0.05) is 12.8 Å². The summed E-state index contributed by atoms with van der Waals surface area (Å²) in [4.78, 5) is 13.8. The number of hydrogen-bond acceptors (Lipinski definition) is 3. The zero-order valence-electron chi connectivity index (χ0n) is 10.5. The molecule has 1 fully saturated rings. The van der Waals surface area contributed by atoms with Crippen molar-refractivity contribution in [2.75, 3.05) is 20.1 Å². The van der Waals surface area contributed by atoms with Gasteiger partial charge in [0.2, 0.25) is 5.91 Å². The number of hydrogen-bond donors (Lipinski definition) is 2. The fraction of sp³-hybridized carbons (Fsp3) is 0.917. The van der Waals surface area contributed by atoms with Crippen molar-refractivity contribution in [1.82, 2.24) is 10.2 Å². The number of nitrogens with zero attached hydrogens (tertiary/aromatic N) is 1. The van der Waals surface area contributed by atoms with Gasteiger partial charge in [-0.05, 0) is 26.3 Å². The van der Waals surface area contributed by atoms with Crippen LogP contribution in [0.1, 0.15) is 39.0 Å². The van der Waals surface area contributed by atoms with Crippen LogP contribution in [0.5, 0.6) is 0 Å². The van der Waals surface area contributed by atoms with Crippen LogP contribution in [-0.4, -0.2) is 43.0 Å². The molecule has 4 nitrogen and oxygen atoms in total. The summed E-state index contributed by atoms with van der Waals surface area (Å²) in [5.41, 5.74) is 5.80. The van der Waals surface area contributed by atoms with Crippen molar-refractivity contribution >= 4 is 5.91 Å². The Kier molecular flexibility index (Phi) is 5.77. The van der Waals surface area contributed by atoms with Gasteiger partial charge in [-0.3, -0.25) is 9.69 Å². The first-order valence-electron chi connectivity index (χ1n) is 6.35. The third-order valence-corrected chi connectivity index (χ3v) is 3.55. The smallest absolute Gasteiger partial charge is 0.221 e. The molecule has 0 bridgehead atoms. The van der Waals surface area contributed by atoms with Crippen molar-refractivity contribution in [2.45, 2.75) is 51.1 Å². The predicted molar refractivity (Wildman–Crippen MR) is 66.2 cm³/mol. The van der Waals surface area contributed by atoms with Crippen LogP contribution in [0.3, 0.4) is 0 Å². The lowest BCUT2D eigenvalue weighted by molar-refractivity contribution is -0.122. The van der Waals surface area contributed by atoms with E-state index in [1.807, 2.05) is 0 Å². The molecule has 1 rings (SSSR count). The van der Waals surface area contributed by atoms with Crippen molar-refractivity contribution in [2.24, 2.45) is 5.73 Å². The first-order valence-corrected chi connectivity index (χ1v) is 6.35. The van der Waals surface area contributed by atoms with Crippen LogP contribution < -0.4 is 11.1 Å². The van der Waals surface area contributed by atoms with Crippen LogP contribution in [0.2, 0.25) is 0 Å². The maximum absolute atomic E-state index is 11.4. The number of carbonyl (C=O) groups excluding carboxylic acids is 1. The Bertz CT molecular complexity index is 220. The molecule has 0 aromatic carbocycles. The number of carbonyl (C=O) groups is 1. The lowest BCUT2D eigenvalue weighted by Crippen LogP contribution is -2.47. The van der Waals surface area contributed by atoms with Crippen molar-refractivity contribution in [3.05, 3.63) is 0 Å². The van der Waals surface area contributed by atoms with Crippen LogP contribution >= 0.6 is 0 Å². The number of rotatable bonds is 4. The summed E-state index contributed by atoms with van der Waals surface area (Å²) in [5.74, 6) is 0.0897. The van der Waals surface area contributed by atoms with Gasteiger partial charge in [-0.2, -0.15) is 0 Å². The second-order valence-electron chi connectivity index (χ2n) is 4.70. The standard InChI is InChI=1S/C12H25N3O/c1-10-6-4-3-5-7-15(10)11(9-13)8-12(16)14-2/h10-11H,3-9,13H2,1-2H3,(H,14,16). The van der Waals surface area contributed by atoms with Gasteiger partial charge >= 0.3 is 0 Å². The zero-order chi connectivity index (χ0) is 12.0. The quantitative estimate of drug-likeness (QED) is 0.744. The molecule has 16 heavy (non-hydrogen) atoms. The molecule has 2 unspecified atom stereocenters. The lowest BCUT2D eigenvalue weighted by Gasteiger charge is -2.34. The summed E-state index contributed by atoms with van der Waals surface area (Å²) < 4.78 is 0. The minimum atomic E-state index is 0.0897. The highest BCUT2D eigenvalue weighted by molar-refractivity contribution is 5.76. The van der Waals surface area contributed by atoms with Crippen molar-refractivity contribution in [1.29, 1.82) is 0 Å². The largest absolute Gasteiger partial charge is 0.359 e. The summed E-state index contributed by atoms with van der Waals surface area (Å²) in [6, 6.07) is 0.758. The van der Waals surface area contributed by atoms with Gasteiger partial charge in [0.15, 0.2) is 0 Å². The van der Waals surface area contributed by atoms with E-state index >= 15 is 0 Å². The van der Waals surface area contributed by atoms with E-state index in [2.05, 4.69) is 17.1 Å². The maximum Gasteiger partial charge on any atom is 0.221 e. The number of likely N-dealkylation sites (tertiary alicyclic amines) is 1. The van der Waals surface area contributed by atoms with E-state index in [9.17, 15) is 4.79 Å². The molecule has 1 heterocycles. The highest BCUT2D eigenvalue weighted by Crippen LogP contribution is 2.19. The fourth-order valence-electron chi connectivity index (χ4n) is 2.49. The third-order valence-electron chi connectivity index (χ3n) is 3.55. The first-order chi connectivity index (χ1) is 7.69. The van der Waals surface area contributed by atoms with Gasteiger partial charge < -0.3 is 11.1 Å². The molecular formula is C12H25N3O. The Hall–Kier alpha value is -0.610. The fourth-order valence-corrected chi connectivity index (χ4v) is 2.49. The lowest BCUT2D eigenvalue weighted by atomic mass is 10.1. The van der Waals surface area contributed by atoms with E-state index in [-0.39, 0.29) is 11.9 Å². The van der Waals surface area contributed by atoms with Crippen LogP contribution in [0.25, 0.3) is 0 Å². The van der Waals surface area contributed by atoms with E-state index in [1.54, 1.807) is 7.05 Å². The van der Waals surface area contributed by atoms with Gasteiger partial charge in [0.25, 0.3) is 0 Å². The molecule has 94 valence electrons. The molecule has 0 aromatic heterocycles. The van der Waals surface area contributed by atoms with Crippen LogP contribution in [0.4, 0.5) is 0 Å². The van der Waals surface area contributed by atoms with Gasteiger partial charge in [0.1, 0.15) is 0 Å². The third kappa shape index (κ3) is 3.76. The van der Waals surface area contributed by atoms with E-state index in [0.29, 0.717) is 19.0 Å². The summed E-state index contributed by atoms with van der Waals surface area (Å²) in [7, 11) is 1.68. The molecule has 0 aliphatic carbocycles. The highest BCUT2D eigenvalue weighted by Gasteiger charge is 2.25. The van der Waals surface area contributed by atoms with Crippen LogP contribution in [0.15, 0.2) is 0 Å². The Morgan fingerprint density at radius 1 is 1.50 bits per heavy atom. The van der Waals surface area contributed by atoms with Gasteiger partial charge in [-0.15, -0.1) is 0 Å². The maximum atomic E-state index is 11.4. The average Bonchev–Trinajstić information content (AvgIpc) is 2.50. The Morgan fingerprint density at radius 3 is 2.88 bits per heavy atom. The van der Waals surface area contributed by atoms with Crippen LogP contribution in [0, 0.1) is 0 Å². The monoisotopic (exact) mass is 227 g/mol. The molecule has 0 spiro atoms. The Labute approximate surface area is 98.6 Å². The zero-order valence-corrected chi connectivity index (χ0v) is 10.5. The van der Waals surface area contributed by atoms with Crippen LogP contribution in [-0.2, 0) is 4.79 Å². The van der Waals surface area contributed by atoms with E-state index in [1.165, 1.54) is 25.7 Å². The Morgan fingerprint density at radius 2 is 2.25 bits per heavy atom. The molecular weight excluding hydrogens is 202 g/mol. The number of amides is 1. The molecule has 1 aliphatic rings. The second kappa shape index (κ2) is 6.86. The summed E-state index contributed by atoms with van der Waals surface area (Å²) >= 11 is 0. The molecule has 0 saturated carbocycles. The number of nitrogens with two attached hydrogens (primary N) is 1. The summed E-state index contributed by atoms with van der Waals surface area (Å²) in [6.07, 6.45) is 5.59. The normalized spacial score (nSPS) is 24.8. The topological polar surface area (TPSA) is 58.4 Å². The minimum absolute atomic E-state index is 0.0897. The van der Waals surface area contributed by atoms with Crippen molar-refractivity contribution in [3.8, 4) is 0 Å². The minimum Gasteiger partial charge on any atom is -0.359 e. The van der Waals surface area contributed by atoms with Gasteiger partial charge in [0.05, 0.1) is 0 Å². The molecule has 3 N–H and O–H groups in total. The first kappa shape index (κ1) is 13.5. The van der Waals surface area contributed by atoms with Crippen molar-refractivity contribution in [3.63, 3.8) is 0 Å². The van der Waals surface area contributed by atoms with E-state index in [4.69, 9.17) is 5.73 Å². The number of nitrogens with one attached hydrogen (secondary N) is 1. The van der Waals surface area contributed by atoms with E-state index in [0.717, 1.165) is 6.54 Å². The van der Waals surface area contributed by atoms with E-state index < -0.39 is 0 Å². The van der Waals surface area contributed by atoms with Gasteiger partial charge in [0, 0.05) is 32.1 Å². The second-order valence-corrected chi connectivity index (χ2v) is 4.70. The highest BCUT2D eigenvalue weighted by atomic mass is 16.1. The molecule has 1 saturated heterocycles.